The lowest BCUT2D eigenvalue weighted by Crippen LogP contribution is -2.53. The third kappa shape index (κ3) is 6.62. The molecule has 0 aromatic heterocycles. The van der Waals surface area contributed by atoms with Gasteiger partial charge in [0.1, 0.15) is 0 Å². The minimum absolute atomic E-state index is 0. The van der Waals surface area contributed by atoms with E-state index in [0.29, 0.717) is 24.8 Å². The van der Waals surface area contributed by atoms with Crippen molar-refractivity contribution in [3.8, 4) is 0 Å². The molecule has 3 rings (SSSR count). The predicted octanol–water partition coefficient (Wildman–Crippen LogP) is 3.81. The molecule has 2 aliphatic heterocycles. The zero-order valence-electron chi connectivity index (χ0n) is 17.5. The standard InChI is InChI=1S/C22H35N3O.2ClH/c1-17(18-8-11-23-12-9-18)14-21(26)24-16-22(2,3)25-13-10-19-6-4-5-7-20(19)15-25;;/h4-7,17-18,23H,8-16H2,1-3H3,(H,24,26);2*1H. The quantitative estimate of drug-likeness (QED) is 0.722. The Morgan fingerprint density at radius 1 is 1.21 bits per heavy atom. The summed E-state index contributed by atoms with van der Waals surface area (Å²) < 4.78 is 0. The fourth-order valence-electron chi connectivity index (χ4n) is 4.38. The summed E-state index contributed by atoms with van der Waals surface area (Å²) in [6.07, 6.45) is 4.16. The molecule has 1 unspecified atom stereocenters. The van der Waals surface area contributed by atoms with Gasteiger partial charge in [-0.05, 0) is 69.2 Å². The van der Waals surface area contributed by atoms with Gasteiger partial charge in [-0.25, -0.2) is 0 Å². The predicted molar refractivity (Wildman–Crippen MR) is 122 cm³/mol. The van der Waals surface area contributed by atoms with Crippen LogP contribution in [0.4, 0.5) is 0 Å². The summed E-state index contributed by atoms with van der Waals surface area (Å²) in [6.45, 7) is 11.7. The Hall–Kier alpha value is -0.810. The number of carbonyl (C=O) groups excluding carboxylic acids is 1. The highest BCUT2D eigenvalue weighted by Crippen LogP contribution is 2.26. The molecule has 1 aromatic rings. The Morgan fingerprint density at radius 3 is 2.54 bits per heavy atom. The van der Waals surface area contributed by atoms with Crippen LogP contribution in [0.1, 0.15) is 51.2 Å². The molecule has 0 bridgehead atoms. The fraction of sp³-hybridized carbons (Fsp3) is 0.682. The molecule has 0 saturated carbocycles. The first-order valence-electron chi connectivity index (χ1n) is 10.2. The smallest absolute Gasteiger partial charge is 0.220 e. The van der Waals surface area contributed by atoms with Crippen LogP contribution in [0.25, 0.3) is 0 Å². The highest BCUT2D eigenvalue weighted by molar-refractivity contribution is 5.85. The highest BCUT2D eigenvalue weighted by Gasteiger charge is 2.30. The number of halogens is 2. The van der Waals surface area contributed by atoms with Crippen molar-refractivity contribution in [3.05, 3.63) is 35.4 Å². The van der Waals surface area contributed by atoms with Crippen molar-refractivity contribution in [2.24, 2.45) is 11.8 Å². The Balaban J connectivity index is 0.00000196. The Bertz CT molecular complexity index is 618. The number of carbonyl (C=O) groups is 1. The Morgan fingerprint density at radius 2 is 1.86 bits per heavy atom. The van der Waals surface area contributed by atoms with Gasteiger partial charge >= 0.3 is 0 Å². The van der Waals surface area contributed by atoms with E-state index >= 15 is 0 Å². The second-order valence-electron chi connectivity index (χ2n) is 8.80. The van der Waals surface area contributed by atoms with E-state index in [1.54, 1.807) is 0 Å². The van der Waals surface area contributed by atoms with Crippen molar-refractivity contribution in [1.29, 1.82) is 0 Å². The molecule has 0 aliphatic carbocycles. The molecule has 1 saturated heterocycles. The zero-order chi connectivity index (χ0) is 18.6. The molecule has 2 N–H and O–H groups in total. The molecule has 1 fully saturated rings. The van der Waals surface area contributed by atoms with Crippen LogP contribution in [-0.2, 0) is 17.8 Å². The first-order chi connectivity index (χ1) is 12.5. The van der Waals surface area contributed by atoms with E-state index in [9.17, 15) is 4.79 Å². The molecule has 1 aromatic carbocycles. The maximum atomic E-state index is 12.5. The topological polar surface area (TPSA) is 44.4 Å². The number of hydrogen-bond acceptors (Lipinski definition) is 3. The number of hydrogen-bond donors (Lipinski definition) is 2. The molecular weight excluding hydrogens is 393 g/mol. The van der Waals surface area contributed by atoms with Gasteiger partial charge in [0.05, 0.1) is 0 Å². The average molecular weight is 430 g/mol. The molecule has 2 aliphatic rings. The molecule has 6 heteroatoms. The van der Waals surface area contributed by atoms with Gasteiger partial charge in [0.15, 0.2) is 0 Å². The normalized spacial score (nSPS) is 19.0. The molecule has 1 amide bonds. The lowest BCUT2D eigenvalue weighted by atomic mass is 9.84. The lowest BCUT2D eigenvalue weighted by molar-refractivity contribution is -0.123. The molecule has 160 valence electrons. The first kappa shape index (κ1) is 25.2. The molecule has 4 nitrogen and oxygen atoms in total. The second-order valence-corrected chi connectivity index (χ2v) is 8.80. The lowest BCUT2D eigenvalue weighted by Gasteiger charge is -2.41. The number of rotatable bonds is 6. The van der Waals surface area contributed by atoms with E-state index in [4.69, 9.17) is 0 Å². The van der Waals surface area contributed by atoms with E-state index in [-0.39, 0.29) is 36.3 Å². The van der Waals surface area contributed by atoms with Gasteiger partial charge in [0.25, 0.3) is 0 Å². The van der Waals surface area contributed by atoms with Crippen molar-refractivity contribution in [3.63, 3.8) is 0 Å². The zero-order valence-corrected chi connectivity index (χ0v) is 19.1. The molecule has 28 heavy (non-hydrogen) atoms. The number of fused-ring (bicyclic) bond motifs is 1. The Labute approximate surface area is 183 Å². The SMILES string of the molecule is CC(CC(=O)NCC(C)(C)N1CCc2ccccc2C1)C1CCNCC1.Cl.Cl. The van der Waals surface area contributed by atoms with Crippen LogP contribution in [0.5, 0.6) is 0 Å². The number of benzene rings is 1. The number of nitrogens with zero attached hydrogens (tertiary/aromatic N) is 1. The molecule has 0 spiro atoms. The van der Waals surface area contributed by atoms with E-state index in [2.05, 4.69) is 60.6 Å². The summed E-state index contributed by atoms with van der Waals surface area (Å²) in [5, 5.41) is 6.62. The monoisotopic (exact) mass is 429 g/mol. The Kier molecular flexibility index (Phi) is 10.3. The van der Waals surface area contributed by atoms with Gasteiger partial charge in [0, 0.05) is 31.6 Å². The summed E-state index contributed by atoms with van der Waals surface area (Å²) in [5.41, 5.74) is 2.87. The van der Waals surface area contributed by atoms with Crippen LogP contribution in [0.2, 0.25) is 0 Å². The largest absolute Gasteiger partial charge is 0.354 e. The molecule has 2 heterocycles. The van der Waals surface area contributed by atoms with Crippen LogP contribution < -0.4 is 10.6 Å². The van der Waals surface area contributed by atoms with Crippen LogP contribution in [0.15, 0.2) is 24.3 Å². The number of amides is 1. The summed E-state index contributed by atoms with van der Waals surface area (Å²) >= 11 is 0. The first-order valence-corrected chi connectivity index (χ1v) is 10.2. The van der Waals surface area contributed by atoms with Gasteiger partial charge in [-0.1, -0.05) is 31.2 Å². The minimum Gasteiger partial charge on any atom is -0.354 e. The van der Waals surface area contributed by atoms with Gasteiger partial charge in [-0.15, -0.1) is 24.8 Å². The van der Waals surface area contributed by atoms with Crippen molar-refractivity contribution in [1.82, 2.24) is 15.5 Å². The van der Waals surface area contributed by atoms with Crippen molar-refractivity contribution >= 4 is 30.7 Å². The van der Waals surface area contributed by atoms with Crippen molar-refractivity contribution in [2.45, 2.75) is 58.5 Å². The maximum Gasteiger partial charge on any atom is 0.220 e. The van der Waals surface area contributed by atoms with E-state index in [1.165, 1.54) is 24.0 Å². The number of nitrogens with one attached hydrogen (secondary N) is 2. The average Bonchev–Trinajstić information content (AvgIpc) is 2.67. The number of piperidine rings is 1. The summed E-state index contributed by atoms with van der Waals surface area (Å²) in [6, 6.07) is 8.73. The van der Waals surface area contributed by atoms with E-state index in [0.717, 1.165) is 32.6 Å². The fourth-order valence-corrected chi connectivity index (χ4v) is 4.38. The third-order valence-corrected chi connectivity index (χ3v) is 6.40. The van der Waals surface area contributed by atoms with Crippen LogP contribution in [0, 0.1) is 11.8 Å². The third-order valence-electron chi connectivity index (χ3n) is 6.40. The van der Waals surface area contributed by atoms with Gasteiger partial charge in [0.2, 0.25) is 5.91 Å². The van der Waals surface area contributed by atoms with Crippen molar-refractivity contribution in [2.75, 3.05) is 26.2 Å². The van der Waals surface area contributed by atoms with E-state index < -0.39 is 0 Å². The molecule has 0 radical (unpaired) electrons. The molecular formula is C22H37Cl2N3O. The van der Waals surface area contributed by atoms with Gasteiger partial charge in [-0.3, -0.25) is 9.69 Å². The maximum absolute atomic E-state index is 12.5. The van der Waals surface area contributed by atoms with Crippen LogP contribution in [-0.4, -0.2) is 42.5 Å². The van der Waals surface area contributed by atoms with Gasteiger partial charge < -0.3 is 10.6 Å². The van der Waals surface area contributed by atoms with Crippen molar-refractivity contribution < 1.29 is 4.79 Å². The van der Waals surface area contributed by atoms with Crippen LogP contribution in [0.3, 0.4) is 0 Å². The second kappa shape index (κ2) is 11.4. The molecule has 1 atom stereocenters. The van der Waals surface area contributed by atoms with Gasteiger partial charge in [-0.2, -0.15) is 0 Å². The summed E-state index contributed by atoms with van der Waals surface area (Å²) in [5.74, 6) is 1.37. The van der Waals surface area contributed by atoms with Crippen LogP contribution >= 0.6 is 24.8 Å². The summed E-state index contributed by atoms with van der Waals surface area (Å²) in [4.78, 5) is 15.0. The van der Waals surface area contributed by atoms with E-state index in [1.807, 2.05) is 0 Å². The highest BCUT2D eigenvalue weighted by atomic mass is 35.5. The minimum atomic E-state index is -0.0266. The summed E-state index contributed by atoms with van der Waals surface area (Å²) in [7, 11) is 0.